The van der Waals surface area contributed by atoms with Gasteiger partial charge in [-0.1, -0.05) is 0 Å². The zero-order valence-corrected chi connectivity index (χ0v) is 9.59. The van der Waals surface area contributed by atoms with Crippen molar-refractivity contribution >= 4 is 21.8 Å². The largest absolute Gasteiger partial charge is 0.317 e. The summed E-state index contributed by atoms with van der Waals surface area (Å²) in [6.07, 6.45) is 3.79. The highest BCUT2D eigenvalue weighted by molar-refractivity contribution is 7.98. The third-order valence-electron chi connectivity index (χ3n) is 1.48. The minimum Gasteiger partial charge on any atom is -0.317 e. The highest BCUT2D eigenvalue weighted by Crippen LogP contribution is 1.93. The van der Waals surface area contributed by atoms with E-state index in [1.165, 1.54) is 0 Å². The average molecular weight is 226 g/mol. The fourth-order valence-corrected chi connectivity index (χ4v) is 1.84. The van der Waals surface area contributed by atoms with Gasteiger partial charge in [-0.25, -0.2) is 13.6 Å². The van der Waals surface area contributed by atoms with Gasteiger partial charge in [0.25, 0.3) is 0 Å². The lowest BCUT2D eigenvalue weighted by Gasteiger charge is -2.02. The van der Waals surface area contributed by atoms with E-state index in [1.807, 2.05) is 11.8 Å². The molecule has 13 heavy (non-hydrogen) atoms. The normalized spacial score (nSPS) is 11.8. The molecule has 3 N–H and O–H groups in total. The molecule has 0 aliphatic carbocycles. The zero-order chi connectivity index (χ0) is 10.2. The van der Waals surface area contributed by atoms with Gasteiger partial charge in [-0.05, 0) is 37.9 Å². The SMILES string of the molecule is CSCCCNCCCS(N)(=O)=O. The molecule has 0 aromatic carbocycles. The van der Waals surface area contributed by atoms with Crippen LogP contribution in [0.15, 0.2) is 0 Å². The summed E-state index contributed by atoms with van der Waals surface area (Å²) in [7, 11) is -3.27. The van der Waals surface area contributed by atoms with Gasteiger partial charge in [-0.15, -0.1) is 0 Å². The van der Waals surface area contributed by atoms with Crippen LogP contribution in [-0.2, 0) is 10.0 Å². The summed E-state index contributed by atoms with van der Waals surface area (Å²) in [5.74, 6) is 1.21. The maximum atomic E-state index is 10.5. The van der Waals surface area contributed by atoms with Crippen molar-refractivity contribution in [1.29, 1.82) is 0 Å². The third kappa shape index (κ3) is 12.2. The highest BCUT2D eigenvalue weighted by Gasteiger charge is 2.00. The lowest BCUT2D eigenvalue weighted by molar-refractivity contribution is 0.590. The van der Waals surface area contributed by atoms with Gasteiger partial charge in [-0.2, -0.15) is 11.8 Å². The van der Waals surface area contributed by atoms with E-state index in [0.29, 0.717) is 6.42 Å². The predicted molar refractivity (Wildman–Crippen MR) is 58.5 cm³/mol. The molecule has 0 aromatic heterocycles. The van der Waals surface area contributed by atoms with Crippen molar-refractivity contribution in [2.75, 3.05) is 30.9 Å². The second-order valence-corrected chi connectivity index (χ2v) is 5.54. The van der Waals surface area contributed by atoms with Crippen molar-refractivity contribution in [2.24, 2.45) is 5.14 Å². The van der Waals surface area contributed by atoms with Gasteiger partial charge in [0.15, 0.2) is 0 Å². The smallest absolute Gasteiger partial charge is 0.209 e. The molecule has 0 fully saturated rings. The maximum Gasteiger partial charge on any atom is 0.209 e. The Bertz CT molecular complexity index is 205. The van der Waals surface area contributed by atoms with Crippen LogP contribution >= 0.6 is 11.8 Å². The summed E-state index contributed by atoms with van der Waals surface area (Å²) in [4.78, 5) is 0. The third-order valence-corrected chi connectivity index (χ3v) is 3.04. The number of hydrogen-bond donors (Lipinski definition) is 2. The fourth-order valence-electron chi connectivity index (χ4n) is 0.865. The van der Waals surface area contributed by atoms with Crippen LogP contribution in [0.4, 0.5) is 0 Å². The fraction of sp³-hybridized carbons (Fsp3) is 1.00. The van der Waals surface area contributed by atoms with Gasteiger partial charge >= 0.3 is 0 Å². The van der Waals surface area contributed by atoms with Crippen LogP contribution in [0.25, 0.3) is 0 Å². The van der Waals surface area contributed by atoms with Crippen molar-refractivity contribution < 1.29 is 8.42 Å². The molecule has 0 spiro atoms. The lowest BCUT2D eigenvalue weighted by atomic mass is 10.4. The first-order valence-corrected chi connectivity index (χ1v) is 7.37. The molecule has 80 valence electrons. The van der Waals surface area contributed by atoms with Crippen molar-refractivity contribution in [3.8, 4) is 0 Å². The van der Waals surface area contributed by atoms with E-state index >= 15 is 0 Å². The number of primary sulfonamides is 1. The van der Waals surface area contributed by atoms with Gasteiger partial charge in [-0.3, -0.25) is 0 Å². The van der Waals surface area contributed by atoms with Crippen LogP contribution in [-0.4, -0.2) is 39.3 Å². The number of thioether (sulfide) groups is 1. The van der Waals surface area contributed by atoms with E-state index in [4.69, 9.17) is 5.14 Å². The number of nitrogens with one attached hydrogen (secondary N) is 1. The van der Waals surface area contributed by atoms with Crippen molar-refractivity contribution in [1.82, 2.24) is 5.32 Å². The number of rotatable bonds is 8. The lowest BCUT2D eigenvalue weighted by Crippen LogP contribution is -2.23. The molecule has 0 aliphatic heterocycles. The summed E-state index contributed by atoms with van der Waals surface area (Å²) < 4.78 is 21.0. The Hall–Kier alpha value is 0.220. The van der Waals surface area contributed by atoms with Gasteiger partial charge in [0.2, 0.25) is 10.0 Å². The molecule has 6 heteroatoms. The number of hydrogen-bond acceptors (Lipinski definition) is 4. The first-order valence-electron chi connectivity index (χ1n) is 4.26. The molecule has 0 saturated carbocycles. The van der Waals surface area contributed by atoms with E-state index in [2.05, 4.69) is 11.6 Å². The molecule has 4 nitrogen and oxygen atoms in total. The Morgan fingerprint density at radius 2 is 1.92 bits per heavy atom. The van der Waals surface area contributed by atoms with Gasteiger partial charge < -0.3 is 5.32 Å². The summed E-state index contributed by atoms with van der Waals surface area (Å²) in [6, 6.07) is 0. The Labute approximate surface area is 84.7 Å². The quantitative estimate of drug-likeness (QED) is 0.572. The van der Waals surface area contributed by atoms with Gasteiger partial charge in [0.05, 0.1) is 5.75 Å². The summed E-state index contributed by atoms with van der Waals surface area (Å²) >= 11 is 1.81. The summed E-state index contributed by atoms with van der Waals surface area (Å²) in [5.41, 5.74) is 0. The first-order chi connectivity index (χ1) is 6.06. The molecule has 0 aliphatic rings. The van der Waals surface area contributed by atoms with Crippen molar-refractivity contribution in [2.45, 2.75) is 12.8 Å². The minimum atomic E-state index is -3.27. The van der Waals surface area contributed by atoms with E-state index < -0.39 is 10.0 Å². The van der Waals surface area contributed by atoms with Crippen LogP contribution in [0.3, 0.4) is 0 Å². The van der Waals surface area contributed by atoms with Crippen LogP contribution < -0.4 is 10.5 Å². The van der Waals surface area contributed by atoms with Gasteiger partial charge in [0, 0.05) is 0 Å². The molecule has 0 atom stereocenters. The van der Waals surface area contributed by atoms with Crippen LogP contribution in [0.2, 0.25) is 0 Å². The Kier molecular flexibility index (Phi) is 7.74. The molecule has 0 unspecified atom stereocenters. The number of nitrogens with two attached hydrogens (primary N) is 1. The Morgan fingerprint density at radius 1 is 1.31 bits per heavy atom. The minimum absolute atomic E-state index is 0.0720. The average Bonchev–Trinajstić information content (AvgIpc) is 2.01. The molecule has 0 bridgehead atoms. The zero-order valence-electron chi connectivity index (χ0n) is 7.95. The monoisotopic (exact) mass is 226 g/mol. The molecule has 0 saturated heterocycles. The molecule has 0 aromatic rings. The first kappa shape index (κ1) is 13.2. The molecule has 0 amide bonds. The Morgan fingerprint density at radius 3 is 2.46 bits per heavy atom. The Balaban J connectivity index is 3.09. The van der Waals surface area contributed by atoms with E-state index in [-0.39, 0.29) is 5.75 Å². The van der Waals surface area contributed by atoms with Crippen molar-refractivity contribution in [3.05, 3.63) is 0 Å². The molecule has 0 heterocycles. The van der Waals surface area contributed by atoms with Crippen molar-refractivity contribution in [3.63, 3.8) is 0 Å². The molecule has 0 rings (SSSR count). The maximum absolute atomic E-state index is 10.5. The second-order valence-electron chi connectivity index (χ2n) is 2.82. The van der Waals surface area contributed by atoms with Crippen LogP contribution in [0.1, 0.15) is 12.8 Å². The molecular formula is C7H18N2O2S2. The van der Waals surface area contributed by atoms with Crippen LogP contribution in [0.5, 0.6) is 0 Å². The van der Waals surface area contributed by atoms with E-state index in [0.717, 1.165) is 25.3 Å². The van der Waals surface area contributed by atoms with E-state index in [1.54, 1.807) is 0 Å². The topological polar surface area (TPSA) is 72.2 Å². The van der Waals surface area contributed by atoms with Gasteiger partial charge in [0.1, 0.15) is 0 Å². The number of sulfonamides is 1. The summed E-state index contributed by atoms with van der Waals surface area (Å²) in [6.45, 7) is 1.68. The molecular weight excluding hydrogens is 208 g/mol. The predicted octanol–water partition coefficient (Wildman–Crippen LogP) is 0.00770. The molecule has 0 radical (unpaired) electrons. The standard InChI is InChI=1S/C7H18N2O2S2/c1-12-6-2-4-9-5-3-7-13(8,10)11/h9H,2-7H2,1H3,(H2,8,10,11). The summed E-state index contributed by atoms with van der Waals surface area (Å²) in [5, 5.41) is 8.00. The highest BCUT2D eigenvalue weighted by atomic mass is 32.2. The van der Waals surface area contributed by atoms with Crippen LogP contribution in [0, 0.1) is 0 Å². The van der Waals surface area contributed by atoms with E-state index in [9.17, 15) is 8.42 Å². The second kappa shape index (κ2) is 7.61.